The minimum Gasteiger partial charge on any atom is -0.460 e. The fourth-order valence-corrected chi connectivity index (χ4v) is 6.53. The number of nitrogens with zero attached hydrogens (tertiary/aromatic N) is 1. The van der Waals surface area contributed by atoms with Crippen LogP contribution in [0.3, 0.4) is 0 Å². The second kappa shape index (κ2) is 15.8. The zero-order valence-corrected chi connectivity index (χ0v) is 28.4. The van der Waals surface area contributed by atoms with Crippen LogP contribution < -0.4 is 5.32 Å². The number of esters is 1. The van der Waals surface area contributed by atoms with Gasteiger partial charge in [-0.2, -0.15) is 5.26 Å². The summed E-state index contributed by atoms with van der Waals surface area (Å²) in [5, 5.41) is 12.3. The van der Waals surface area contributed by atoms with Gasteiger partial charge in [0.05, 0.1) is 16.0 Å². The van der Waals surface area contributed by atoms with Gasteiger partial charge in [0, 0.05) is 18.5 Å². The van der Waals surface area contributed by atoms with Crippen LogP contribution in [-0.4, -0.2) is 17.5 Å². The molecule has 0 aromatic heterocycles. The van der Waals surface area contributed by atoms with Crippen LogP contribution in [0.4, 0.5) is 4.39 Å². The summed E-state index contributed by atoms with van der Waals surface area (Å²) in [7, 11) is 0. The lowest BCUT2D eigenvalue weighted by molar-refractivity contribution is -0.155. The van der Waals surface area contributed by atoms with Gasteiger partial charge in [-0.25, -0.2) is 4.39 Å². The van der Waals surface area contributed by atoms with Crippen LogP contribution in [0.2, 0.25) is 0 Å². The van der Waals surface area contributed by atoms with Gasteiger partial charge >= 0.3 is 5.97 Å². The number of halogens is 2. The van der Waals surface area contributed by atoms with Crippen molar-refractivity contribution in [3.63, 3.8) is 0 Å². The minimum absolute atomic E-state index is 0.0659. The Hall–Kier alpha value is -2.46. The Morgan fingerprint density at radius 1 is 1.21 bits per heavy atom. The molecular formula is C35H50BrFN2O3. The summed E-state index contributed by atoms with van der Waals surface area (Å²) in [6.45, 7) is 18.1. The largest absolute Gasteiger partial charge is 0.460 e. The summed E-state index contributed by atoms with van der Waals surface area (Å²) in [6.07, 6.45) is 7.45. The third-order valence-corrected chi connectivity index (χ3v) is 8.89. The van der Waals surface area contributed by atoms with Crippen LogP contribution in [0.5, 0.6) is 0 Å². The summed E-state index contributed by atoms with van der Waals surface area (Å²) < 4.78 is 22.0. The maximum atomic E-state index is 16.1. The maximum Gasteiger partial charge on any atom is 0.306 e. The lowest BCUT2D eigenvalue weighted by Gasteiger charge is -2.31. The first-order valence-electron chi connectivity index (χ1n) is 15.6. The smallest absolute Gasteiger partial charge is 0.306 e. The fourth-order valence-electron chi connectivity index (χ4n) is 5.98. The van der Waals surface area contributed by atoms with Crippen LogP contribution >= 0.6 is 15.9 Å². The average molecular weight is 646 g/mol. The molecule has 0 saturated carbocycles. The first-order valence-corrected chi connectivity index (χ1v) is 16.4. The van der Waals surface area contributed by atoms with Gasteiger partial charge in [-0.3, -0.25) is 9.59 Å². The molecule has 1 aliphatic rings. The number of hydrogen-bond donors (Lipinski definition) is 1. The molecule has 2 unspecified atom stereocenters. The van der Waals surface area contributed by atoms with Crippen LogP contribution in [-0.2, 0) is 27.2 Å². The first kappa shape index (κ1) is 35.7. The van der Waals surface area contributed by atoms with Gasteiger partial charge in [0.25, 0.3) is 0 Å². The van der Waals surface area contributed by atoms with Gasteiger partial charge in [0.1, 0.15) is 11.4 Å². The number of nitrogens with one attached hydrogen (secondary N) is 1. The Balaban J connectivity index is 2.60. The van der Waals surface area contributed by atoms with E-state index in [1.165, 1.54) is 0 Å². The van der Waals surface area contributed by atoms with Gasteiger partial charge in [0.15, 0.2) is 0 Å². The molecule has 0 fully saturated rings. The molecule has 0 saturated heterocycles. The Morgan fingerprint density at radius 2 is 1.90 bits per heavy atom. The number of rotatable bonds is 16. The fraction of sp³-hybridized carbons (Fsp3) is 0.629. The molecule has 1 amide bonds. The summed E-state index contributed by atoms with van der Waals surface area (Å²) in [5.41, 5.74) is 3.26. The number of ether oxygens (including phenoxy) is 1. The Kier molecular flexibility index (Phi) is 13.5. The van der Waals surface area contributed by atoms with Gasteiger partial charge < -0.3 is 10.1 Å². The molecular weight excluding hydrogens is 595 g/mol. The lowest BCUT2D eigenvalue weighted by atomic mass is 9.69. The van der Waals surface area contributed by atoms with Crippen molar-refractivity contribution in [1.29, 1.82) is 5.26 Å². The van der Waals surface area contributed by atoms with Crippen LogP contribution in [0.15, 0.2) is 28.4 Å². The molecule has 0 spiro atoms. The lowest BCUT2D eigenvalue weighted by Crippen LogP contribution is -2.34. The van der Waals surface area contributed by atoms with E-state index >= 15 is 4.39 Å². The van der Waals surface area contributed by atoms with Crippen molar-refractivity contribution < 1.29 is 18.7 Å². The van der Waals surface area contributed by atoms with Crippen LogP contribution in [0.25, 0.3) is 5.57 Å². The molecule has 1 aromatic rings. The summed E-state index contributed by atoms with van der Waals surface area (Å²) >= 11 is 3.51. The monoisotopic (exact) mass is 644 g/mol. The third-order valence-electron chi connectivity index (χ3n) is 8.03. The summed E-state index contributed by atoms with van der Waals surface area (Å²) in [6, 6.07) is 4.22. The zero-order chi connectivity index (χ0) is 31.7. The number of allylic oxidation sites excluding steroid dienone is 1. The average Bonchev–Trinajstić information content (AvgIpc) is 3.19. The summed E-state index contributed by atoms with van der Waals surface area (Å²) in [5.74, 6) is -0.461. The van der Waals surface area contributed by atoms with E-state index in [1.807, 2.05) is 47.6 Å². The van der Waals surface area contributed by atoms with Gasteiger partial charge in [-0.05, 0) is 115 Å². The number of hydrogen-bond acceptors (Lipinski definition) is 4. The van der Waals surface area contributed by atoms with E-state index in [0.717, 1.165) is 60.1 Å². The maximum absolute atomic E-state index is 16.1. The highest BCUT2D eigenvalue weighted by molar-refractivity contribution is 9.10. The van der Waals surface area contributed by atoms with E-state index in [0.29, 0.717) is 55.0 Å². The molecule has 232 valence electrons. The Morgan fingerprint density at radius 3 is 2.48 bits per heavy atom. The van der Waals surface area contributed by atoms with Crippen molar-refractivity contribution in [2.24, 2.45) is 11.3 Å². The molecule has 2 atom stereocenters. The van der Waals surface area contributed by atoms with E-state index in [9.17, 15) is 9.59 Å². The standard InChI is InChI=1S/C35H50BrFN2O3/c1-9-15-24(5)32-29(27-22-25(18-12-13-20-38)30(36)31(37)26(27)16-10-2)35(11-3,33(41)39-32)19-14-17-23(4)21-28(40)42-34(6,7)8/h22-23H,5,9-19,21H2,1-4,6-8H3,(H,39,41). The van der Waals surface area contributed by atoms with Crippen molar-refractivity contribution in [3.05, 3.63) is 50.9 Å². The quantitative estimate of drug-likeness (QED) is 0.143. The van der Waals surface area contributed by atoms with Crippen LogP contribution in [0.1, 0.15) is 129 Å². The molecule has 7 heteroatoms. The molecule has 1 heterocycles. The SMILES string of the molecule is C=C(CCC)C1=C(c2cc(CCCC#N)c(Br)c(F)c2CCC)C(CC)(CCCC(C)CC(=O)OC(C)(C)C)C(=O)N1. The number of carbonyl (C=O) groups excluding carboxylic acids is 2. The van der Waals surface area contributed by atoms with E-state index in [2.05, 4.69) is 40.8 Å². The van der Waals surface area contributed by atoms with Gasteiger partial charge in [0.2, 0.25) is 5.91 Å². The first-order chi connectivity index (χ1) is 19.8. The molecule has 0 bridgehead atoms. The Bertz CT molecular complexity index is 1220. The number of carbonyl (C=O) groups is 2. The predicted octanol–water partition coefficient (Wildman–Crippen LogP) is 9.52. The molecule has 0 radical (unpaired) electrons. The second-order valence-electron chi connectivity index (χ2n) is 12.7. The normalized spacial score (nSPS) is 17.7. The van der Waals surface area contributed by atoms with Crippen LogP contribution in [0, 0.1) is 28.5 Å². The van der Waals surface area contributed by atoms with Gasteiger partial charge in [-0.1, -0.05) is 60.0 Å². The van der Waals surface area contributed by atoms with Crippen molar-refractivity contribution in [2.75, 3.05) is 0 Å². The van der Waals surface area contributed by atoms with Crippen molar-refractivity contribution in [1.82, 2.24) is 5.32 Å². The highest BCUT2D eigenvalue weighted by atomic mass is 79.9. The predicted molar refractivity (Wildman–Crippen MR) is 172 cm³/mol. The Labute approximate surface area is 261 Å². The van der Waals surface area contributed by atoms with E-state index in [4.69, 9.17) is 10.00 Å². The molecule has 0 aliphatic carbocycles. The molecule has 42 heavy (non-hydrogen) atoms. The second-order valence-corrected chi connectivity index (χ2v) is 13.5. The van der Waals surface area contributed by atoms with E-state index < -0.39 is 11.0 Å². The number of nitriles is 1. The number of unbranched alkanes of at least 4 members (excludes halogenated alkanes) is 1. The molecule has 1 aromatic carbocycles. The highest BCUT2D eigenvalue weighted by Crippen LogP contribution is 2.51. The number of benzene rings is 1. The molecule has 2 rings (SSSR count). The molecule has 1 aliphatic heterocycles. The van der Waals surface area contributed by atoms with E-state index in [1.54, 1.807) is 0 Å². The topological polar surface area (TPSA) is 79.2 Å². The van der Waals surface area contributed by atoms with Gasteiger partial charge in [-0.15, -0.1) is 0 Å². The van der Waals surface area contributed by atoms with Crippen molar-refractivity contribution >= 4 is 33.4 Å². The van der Waals surface area contributed by atoms with Crippen molar-refractivity contribution in [3.8, 4) is 6.07 Å². The molecule has 5 nitrogen and oxygen atoms in total. The van der Waals surface area contributed by atoms with Crippen molar-refractivity contribution in [2.45, 2.75) is 131 Å². The van der Waals surface area contributed by atoms with E-state index in [-0.39, 0.29) is 23.6 Å². The zero-order valence-electron chi connectivity index (χ0n) is 26.8. The highest BCUT2D eigenvalue weighted by Gasteiger charge is 2.48. The number of aryl methyl sites for hydroxylation is 1. The third kappa shape index (κ3) is 8.78. The molecule has 1 N–H and O–H groups in total. The minimum atomic E-state index is -0.843. The number of amides is 1. The summed E-state index contributed by atoms with van der Waals surface area (Å²) in [4.78, 5) is 26.4.